The van der Waals surface area contributed by atoms with E-state index < -0.39 is 0 Å². The molecular formula is C36H48O4. The SMILES string of the molecule is CC12CCC(C)(C(=Cc3ccccc3)C1=O)C2(C)C.CCCCCC(CC)OC(=O)C=Cc1ccc(OC)cc1. The second kappa shape index (κ2) is 13.5. The normalized spacial score (nSPS) is 24.6. The Morgan fingerprint density at radius 1 is 0.900 bits per heavy atom. The van der Waals surface area contributed by atoms with Gasteiger partial charge in [0.1, 0.15) is 11.9 Å². The van der Waals surface area contributed by atoms with Crippen LogP contribution in [0.2, 0.25) is 0 Å². The minimum Gasteiger partial charge on any atom is -0.497 e. The Morgan fingerprint density at radius 3 is 2.10 bits per heavy atom. The van der Waals surface area contributed by atoms with Gasteiger partial charge in [0.25, 0.3) is 0 Å². The number of esters is 1. The molecule has 2 saturated carbocycles. The fourth-order valence-corrected chi connectivity index (χ4v) is 6.14. The van der Waals surface area contributed by atoms with Gasteiger partial charge in [0.05, 0.1) is 7.11 Å². The second-order valence-corrected chi connectivity index (χ2v) is 12.2. The van der Waals surface area contributed by atoms with Crippen molar-refractivity contribution in [2.45, 2.75) is 92.6 Å². The van der Waals surface area contributed by atoms with Crippen LogP contribution in [0.5, 0.6) is 5.75 Å². The molecule has 0 amide bonds. The van der Waals surface area contributed by atoms with Crippen LogP contribution in [0, 0.1) is 16.2 Å². The number of methoxy groups -OCH3 is 1. The van der Waals surface area contributed by atoms with Gasteiger partial charge < -0.3 is 9.47 Å². The molecule has 4 rings (SSSR count). The van der Waals surface area contributed by atoms with E-state index in [9.17, 15) is 9.59 Å². The Morgan fingerprint density at radius 2 is 1.55 bits per heavy atom. The summed E-state index contributed by atoms with van der Waals surface area (Å²) in [5.41, 5.74) is 3.03. The lowest BCUT2D eigenvalue weighted by Crippen LogP contribution is -2.34. The van der Waals surface area contributed by atoms with Crippen molar-refractivity contribution in [2.24, 2.45) is 16.2 Å². The smallest absolute Gasteiger partial charge is 0.331 e. The summed E-state index contributed by atoms with van der Waals surface area (Å²) in [5, 5.41) is 0. The maximum atomic E-state index is 12.8. The van der Waals surface area contributed by atoms with E-state index in [1.54, 1.807) is 13.2 Å². The van der Waals surface area contributed by atoms with Crippen LogP contribution in [0.15, 0.2) is 66.2 Å². The van der Waals surface area contributed by atoms with Crippen molar-refractivity contribution in [1.82, 2.24) is 0 Å². The van der Waals surface area contributed by atoms with Crippen molar-refractivity contribution >= 4 is 23.9 Å². The molecule has 0 heterocycles. The van der Waals surface area contributed by atoms with Gasteiger partial charge in [0.2, 0.25) is 0 Å². The van der Waals surface area contributed by atoms with Crippen molar-refractivity contribution < 1.29 is 19.1 Å². The standard InChI is InChI=1S/C18H26O3.C18H22O/c1-4-6-7-8-16(5-2)21-18(19)14-11-15-9-12-17(20-3)13-10-15;1-16(2)17(3)10-11-18(16,4)15(19)14(17)12-13-8-6-5-7-9-13/h9-14,16H,4-8H2,1-3H3;5-9,12H,10-11H2,1-4H3. The van der Waals surface area contributed by atoms with Crippen LogP contribution in [0.25, 0.3) is 12.2 Å². The Labute approximate surface area is 241 Å². The average molecular weight is 545 g/mol. The molecule has 0 spiro atoms. The first-order chi connectivity index (χ1) is 19.0. The third-order valence-corrected chi connectivity index (χ3v) is 9.73. The molecule has 4 nitrogen and oxygen atoms in total. The Bertz CT molecular complexity index is 1190. The number of allylic oxidation sites excluding steroid dienone is 1. The maximum absolute atomic E-state index is 12.8. The Kier molecular flexibility index (Phi) is 10.6. The number of hydrogen-bond acceptors (Lipinski definition) is 4. The molecule has 2 aromatic carbocycles. The molecule has 0 aliphatic heterocycles. The molecule has 3 atom stereocenters. The number of ketones is 1. The first kappa shape index (κ1) is 31.4. The minimum atomic E-state index is -0.269. The molecule has 40 heavy (non-hydrogen) atoms. The highest BCUT2D eigenvalue weighted by Crippen LogP contribution is 2.72. The predicted octanol–water partition coefficient (Wildman–Crippen LogP) is 9.10. The van der Waals surface area contributed by atoms with Gasteiger partial charge in [0, 0.05) is 22.5 Å². The fourth-order valence-electron chi connectivity index (χ4n) is 6.14. The summed E-state index contributed by atoms with van der Waals surface area (Å²) >= 11 is 0. The van der Waals surface area contributed by atoms with Gasteiger partial charge in [-0.25, -0.2) is 4.79 Å². The van der Waals surface area contributed by atoms with Crippen molar-refractivity contribution in [3.8, 4) is 5.75 Å². The first-order valence-corrected chi connectivity index (χ1v) is 14.9. The molecule has 2 aliphatic rings. The average Bonchev–Trinajstić information content (AvgIpc) is 3.21. The molecule has 3 unspecified atom stereocenters. The van der Waals surface area contributed by atoms with E-state index in [0.717, 1.165) is 54.6 Å². The quantitative estimate of drug-likeness (QED) is 0.170. The minimum absolute atomic E-state index is 0.0225. The highest BCUT2D eigenvalue weighted by molar-refractivity contribution is 6.09. The fraction of sp³-hybridized carbons (Fsp3) is 0.500. The van der Waals surface area contributed by atoms with Crippen LogP contribution in [0.1, 0.15) is 97.6 Å². The van der Waals surface area contributed by atoms with Crippen molar-refractivity contribution in [2.75, 3.05) is 7.11 Å². The molecule has 216 valence electrons. The van der Waals surface area contributed by atoms with E-state index in [1.165, 1.54) is 18.9 Å². The number of hydrogen-bond donors (Lipinski definition) is 0. The molecule has 2 aromatic rings. The number of ether oxygens (including phenoxy) is 2. The predicted molar refractivity (Wildman–Crippen MR) is 165 cm³/mol. The summed E-state index contributed by atoms with van der Waals surface area (Å²) in [6.45, 7) is 13.2. The Balaban J connectivity index is 0.000000221. The molecule has 4 heteroatoms. The topological polar surface area (TPSA) is 52.6 Å². The van der Waals surface area contributed by atoms with E-state index >= 15 is 0 Å². The van der Waals surface area contributed by atoms with Gasteiger partial charge >= 0.3 is 5.97 Å². The van der Waals surface area contributed by atoms with Gasteiger partial charge in [-0.05, 0) is 72.9 Å². The number of unbranched alkanes of at least 4 members (excludes halogenated alkanes) is 2. The lowest BCUT2D eigenvalue weighted by atomic mass is 9.65. The lowest BCUT2D eigenvalue weighted by Gasteiger charge is -2.37. The van der Waals surface area contributed by atoms with Gasteiger partial charge in [-0.1, -0.05) is 96.8 Å². The zero-order chi connectivity index (χ0) is 29.4. The zero-order valence-corrected chi connectivity index (χ0v) is 25.6. The summed E-state index contributed by atoms with van der Waals surface area (Å²) in [6, 6.07) is 17.8. The summed E-state index contributed by atoms with van der Waals surface area (Å²) < 4.78 is 10.6. The number of benzene rings is 2. The number of carbonyl (C=O) groups excluding carboxylic acids is 2. The third kappa shape index (κ3) is 6.59. The van der Waals surface area contributed by atoms with Gasteiger partial charge in [-0.2, -0.15) is 0 Å². The summed E-state index contributed by atoms with van der Waals surface area (Å²) in [7, 11) is 1.63. The van der Waals surface area contributed by atoms with Gasteiger partial charge in [0.15, 0.2) is 5.78 Å². The third-order valence-electron chi connectivity index (χ3n) is 9.73. The van der Waals surface area contributed by atoms with Crippen LogP contribution >= 0.6 is 0 Å². The van der Waals surface area contributed by atoms with Crippen molar-refractivity contribution in [1.29, 1.82) is 0 Å². The van der Waals surface area contributed by atoms with Crippen LogP contribution in [0.4, 0.5) is 0 Å². The summed E-state index contributed by atoms with van der Waals surface area (Å²) in [4.78, 5) is 24.7. The van der Waals surface area contributed by atoms with E-state index in [4.69, 9.17) is 9.47 Å². The molecular weight excluding hydrogens is 496 g/mol. The van der Waals surface area contributed by atoms with Crippen LogP contribution in [0.3, 0.4) is 0 Å². The number of carbonyl (C=O) groups is 2. The van der Waals surface area contributed by atoms with E-state index in [-0.39, 0.29) is 28.3 Å². The van der Waals surface area contributed by atoms with Crippen LogP contribution in [-0.2, 0) is 14.3 Å². The van der Waals surface area contributed by atoms with Gasteiger partial charge in [-0.3, -0.25) is 4.79 Å². The molecule has 0 radical (unpaired) electrons. The number of Topliss-reactive ketones (excluding diaryl/α,β-unsaturated/α-hetero) is 1. The number of fused-ring (bicyclic) bond motifs is 2. The van der Waals surface area contributed by atoms with Crippen molar-refractivity contribution in [3.05, 3.63) is 77.4 Å². The highest BCUT2D eigenvalue weighted by Gasteiger charge is 2.70. The van der Waals surface area contributed by atoms with Crippen LogP contribution in [-0.4, -0.2) is 25.0 Å². The molecule has 2 aliphatic carbocycles. The molecule has 2 bridgehead atoms. The highest BCUT2D eigenvalue weighted by atomic mass is 16.5. The van der Waals surface area contributed by atoms with E-state index in [1.807, 2.05) is 42.5 Å². The summed E-state index contributed by atoms with van der Waals surface area (Å²) in [5.74, 6) is 0.904. The van der Waals surface area contributed by atoms with E-state index in [0.29, 0.717) is 5.78 Å². The molecule has 2 fully saturated rings. The lowest BCUT2D eigenvalue weighted by molar-refractivity contribution is -0.143. The molecule has 0 saturated heterocycles. The zero-order valence-electron chi connectivity index (χ0n) is 25.6. The maximum Gasteiger partial charge on any atom is 0.331 e. The molecule has 0 N–H and O–H groups in total. The molecule has 0 aromatic heterocycles. The van der Waals surface area contributed by atoms with Gasteiger partial charge in [-0.15, -0.1) is 0 Å². The number of rotatable bonds is 10. The Hall–Kier alpha value is -3.14. The second-order valence-electron chi connectivity index (χ2n) is 12.2. The monoisotopic (exact) mass is 544 g/mol. The summed E-state index contributed by atoms with van der Waals surface area (Å²) in [6.07, 6.45) is 12.9. The van der Waals surface area contributed by atoms with Crippen molar-refractivity contribution in [3.63, 3.8) is 0 Å². The van der Waals surface area contributed by atoms with Crippen LogP contribution < -0.4 is 4.74 Å². The first-order valence-electron chi connectivity index (χ1n) is 14.9. The largest absolute Gasteiger partial charge is 0.497 e. The van der Waals surface area contributed by atoms with E-state index in [2.05, 4.69) is 59.8 Å².